The molecule has 8 heteroatoms. The smallest absolute Gasteiger partial charge is 0.338 e. The van der Waals surface area contributed by atoms with Crippen molar-refractivity contribution in [2.24, 2.45) is 11.0 Å². The summed E-state index contributed by atoms with van der Waals surface area (Å²) in [6.45, 7) is 4.62. The summed E-state index contributed by atoms with van der Waals surface area (Å²) in [4.78, 5) is 15.1. The summed E-state index contributed by atoms with van der Waals surface area (Å²) >= 11 is 0. The lowest BCUT2D eigenvalue weighted by Gasteiger charge is -2.43. The van der Waals surface area contributed by atoms with Crippen molar-refractivity contribution in [3.8, 4) is 0 Å². The second-order valence-electron chi connectivity index (χ2n) is 6.49. The van der Waals surface area contributed by atoms with Crippen LogP contribution in [0.5, 0.6) is 0 Å². The molecular weight excluding hydrogens is 350 g/mol. The van der Waals surface area contributed by atoms with Gasteiger partial charge in [-0.3, -0.25) is 0 Å². The summed E-state index contributed by atoms with van der Waals surface area (Å²) < 4.78 is 22.7. The maximum Gasteiger partial charge on any atom is 0.338 e. The fraction of sp³-hybridized carbons (Fsp3) is 0.632. The number of esters is 1. The van der Waals surface area contributed by atoms with Crippen molar-refractivity contribution in [1.29, 1.82) is 0 Å². The summed E-state index contributed by atoms with van der Waals surface area (Å²) in [7, 11) is 1.48. The molecule has 2 rings (SSSR count). The fourth-order valence-corrected chi connectivity index (χ4v) is 3.05. The molecule has 0 aliphatic carbocycles. The quantitative estimate of drug-likeness (QED) is 0.214. The molecule has 1 aliphatic heterocycles. The van der Waals surface area contributed by atoms with E-state index in [9.17, 15) is 4.79 Å². The third-order valence-electron chi connectivity index (χ3n) is 4.64. The van der Waals surface area contributed by atoms with Crippen molar-refractivity contribution in [3.05, 3.63) is 46.3 Å². The van der Waals surface area contributed by atoms with E-state index in [1.165, 1.54) is 7.11 Å². The van der Waals surface area contributed by atoms with Gasteiger partial charge in [0, 0.05) is 24.5 Å². The Hall–Kier alpha value is -2.12. The Labute approximate surface area is 159 Å². The standard InChI is InChI=1S/C19H27N3O5/c1-4-5-11-25-17-13(2)15(27-19(24-3)16(17)21-22-20)12-26-18(23)14-9-7-6-8-10-14/h6-10,13,15-17,19H,4-5,11-12H2,1-3H3/t13?,15?,16?,17-,19?/m0/s1. The third-order valence-corrected chi connectivity index (χ3v) is 4.64. The lowest BCUT2D eigenvalue weighted by Crippen LogP contribution is -2.55. The molecule has 0 amide bonds. The second-order valence-corrected chi connectivity index (χ2v) is 6.49. The van der Waals surface area contributed by atoms with E-state index in [4.69, 9.17) is 24.5 Å². The minimum Gasteiger partial charge on any atom is -0.459 e. The molecule has 1 aromatic carbocycles. The highest BCUT2D eigenvalue weighted by Gasteiger charge is 2.44. The van der Waals surface area contributed by atoms with Gasteiger partial charge in [-0.05, 0) is 24.1 Å². The zero-order chi connectivity index (χ0) is 19.6. The van der Waals surface area contributed by atoms with Gasteiger partial charge in [0.15, 0.2) is 6.29 Å². The lowest BCUT2D eigenvalue weighted by atomic mass is 9.89. The number of rotatable bonds is 9. The predicted octanol–water partition coefficient (Wildman–Crippen LogP) is 3.72. The van der Waals surface area contributed by atoms with Crippen LogP contribution in [0.3, 0.4) is 0 Å². The van der Waals surface area contributed by atoms with Gasteiger partial charge < -0.3 is 18.9 Å². The highest BCUT2D eigenvalue weighted by atomic mass is 16.7. The first kappa shape index (κ1) is 21.2. The van der Waals surface area contributed by atoms with Crippen molar-refractivity contribution < 1.29 is 23.7 Å². The third kappa shape index (κ3) is 5.68. The Bertz CT molecular complexity index is 635. The summed E-state index contributed by atoms with van der Waals surface area (Å²) in [6.07, 6.45) is 0.323. The summed E-state index contributed by atoms with van der Waals surface area (Å²) in [5.41, 5.74) is 9.38. The zero-order valence-corrected chi connectivity index (χ0v) is 16.0. The molecule has 148 valence electrons. The number of unbranched alkanes of at least 4 members (excludes halogenated alkanes) is 1. The number of benzene rings is 1. The van der Waals surface area contributed by atoms with Gasteiger partial charge in [0.25, 0.3) is 0 Å². The molecule has 8 nitrogen and oxygen atoms in total. The molecule has 0 saturated carbocycles. The number of azide groups is 1. The van der Waals surface area contributed by atoms with Gasteiger partial charge in [0.05, 0.1) is 17.8 Å². The average molecular weight is 377 g/mol. The molecule has 0 spiro atoms. The molecule has 1 aliphatic rings. The van der Waals surface area contributed by atoms with Crippen molar-refractivity contribution in [2.45, 2.75) is 51.2 Å². The van der Waals surface area contributed by atoms with Gasteiger partial charge in [0.2, 0.25) is 0 Å². The monoisotopic (exact) mass is 377 g/mol. The van der Waals surface area contributed by atoms with Gasteiger partial charge in [-0.2, -0.15) is 0 Å². The maximum absolute atomic E-state index is 12.2. The number of hydrogen-bond acceptors (Lipinski definition) is 6. The maximum atomic E-state index is 12.2. The largest absolute Gasteiger partial charge is 0.459 e. The van der Waals surface area contributed by atoms with Gasteiger partial charge >= 0.3 is 5.97 Å². The molecule has 1 saturated heterocycles. The normalized spacial score (nSPS) is 27.6. The minimum atomic E-state index is -0.760. The van der Waals surface area contributed by atoms with Crippen LogP contribution < -0.4 is 0 Å². The van der Waals surface area contributed by atoms with Crippen LogP contribution in [-0.4, -0.2) is 50.8 Å². The summed E-state index contributed by atoms with van der Waals surface area (Å²) in [5, 5.41) is 3.82. The molecule has 1 aromatic rings. The van der Waals surface area contributed by atoms with Crippen LogP contribution >= 0.6 is 0 Å². The second kappa shape index (κ2) is 10.9. The van der Waals surface area contributed by atoms with E-state index in [1.54, 1.807) is 24.3 Å². The van der Waals surface area contributed by atoms with Gasteiger partial charge in [-0.1, -0.05) is 43.6 Å². The Morgan fingerprint density at radius 3 is 2.70 bits per heavy atom. The summed E-state index contributed by atoms with van der Waals surface area (Å²) in [5.74, 6) is -0.562. The number of carbonyl (C=O) groups is 1. The van der Waals surface area contributed by atoms with Crippen molar-refractivity contribution in [2.75, 3.05) is 20.3 Å². The van der Waals surface area contributed by atoms with Crippen LogP contribution in [0.25, 0.3) is 10.4 Å². The van der Waals surface area contributed by atoms with Crippen LogP contribution in [-0.2, 0) is 18.9 Å². The summed E-state index contributed by atoms with van der Waals surface area (Å²) in [6, 6.07) is 8.17. The predicted molar refractivity (Wildman–Crippen MR) is 99.1 cm³/mol. The Morgan fingerprint density at radius 2 is 2.07 bits per heavy atom. The van der Waals surface area contributed by atoms with E-state index >= 15 is 0 Å². The number of carbonyl (C=O) groups excluding carboxylic acids is 1. The Morgan fingerprint density at radius 1 is 1.33 bits per heavy atom. The van der Waals surface area contributed by atoms with E-state index in [-0.39, 0.29) is 18.6 Å². The molecule has 1 fully saturated rings. The van der Waals surface area contributed by atoms with E-state index in [2.05, 4.69) is 16.9 Å². The van der Waals surface area contributed by atoms with Crippen LogP contribution in [0.2, 0.25) is 0 Å². The van der Waals surface area contributed by atoms with Crippen molar-refractivity contribution >= 4 is 5.97 Å². The van der Waals surface area contributed by atoms with E-state index in [0.717, 1.165) is 12.8 Å². The number of methoxy groups -OCH3 is 1. The molecule has 0 aromatic heterocycles. The average Bonchev–Trinajstić information content (AvgIpc) is 2.70. The molecular formula is C19H27N3O5. The van der Waals surface area contributed by atoms with Gasteiger partial charge in [-0.15, -0.1) is 0 Å². The van der Waals surface area contributed by atoms with Crippen LogP contribution in [0.4, 0.5) is 0 Å². The van der Waals surface area contributed by atoms with E-state index in [0.29, 0.717) is 12.2 Å². The molecule has 0 N–H and O–H groups in total. The molecule has 4 unspecified atom stereocenters. The van der Waals surface area contributed by atoms with Gasteiger partial charge in [0.1, 0.15) is 12.6 Å². The fourth-order valence-electron chi connectivity index (χ4n) is 3.05. The van der Waals surface area contributed by atoms with Crippen LogP contribution in [0.1, 0.15) is 37.0 Å². The first-order valence-corrected chi connectivity index (χ1v) is 9.18. The minimum absolute atomic E-state index is 0.0609. The van der Waals surface area contributed by atoms with Crippen LogP contribution in [0, 0.1) is 5.92 Å². The van der Waals surface area contributed by atoms with E-state index < -0.39 is 24.4 Å². The molecule has 0 bridgehead atoms. The van der Waals surface area contributed by atoms with Crippen molar-refractivity contribution in [1.82, 2.24) is 0 Å². The molecule has 27 heavy (non-hydrogen) atoms. The lowest BCUT2D eigenvalue weighted by molar-refractivity contribution is -0.247. The van der Waals surface area contributed by atoms with Crippen LogP contribution in [0.15, 0.2) is 35.4 Å². The first-order chi connectivity index (χ1) is 13.1. The highest BCUT2D eigenvalue weighted by molar-refractivity contribution is 5.89. The van der Waals surface area contributed by atoms with Crippen molar-refractivity contribution in [3.63, 3.8) is 0 Å². The Balaban J connectivity index is 2.06. The molecule has 5 atom stereocenters. The topological polar surface area (TPSA) is 103 Å². The SMILES string of the molecule is CCCCO[C@H]1C(C)C(COC(=O)c2ccccc2)OC(OC)C1N=[N+]=[N-]. The number of nitrogens with zero attached hydrogens (tertiary/aromatic N) is 3. The Kier molecular flexibility index (Phi) is 8.54. The zero-order valence-electron chi connectivity index (χ0n) is 16.0. The first-order valence-electron chi connectivity index (χ1n) is 9.18. The molecule has 1 heterocycles. The van der Waals surface area contributed by atoms with E-state index in [1.807, 2.05) is 13.0 Å². The number of ether oxygens (including phenoxy) is 4. The number of hydrogen-bond donors (Lipinski definition) is 0. The molecule has 0 radical (unpaired) electrons. The highest BCUT2D eigenvalue weighted by Crippen LogP contribution is 2.31. The van der Waals surface area contributed by atoms with Gasteiger partial charge in [-0.25, -0.2) is 4.79 Å².